The van der Waals surface area contributed by atoms with Gasteiger partial charge < -0.3 is 10.4 Å². The summed E-state index contributed by atoms with van der Waals surface area (Å²) in [7, 11) is 0. The Balaban J connectivity index is 2.35. The van der Waals surface area contributed by atoms with Crippen LogP contribution in [-0.2, 0) is 0 Å². The van der Waals surface area contributed by atoms with Gasteiger partial charge in [0.1, 0.15) is 11.6 Å². The van der Waals surface area contributed by atoms with Crippen molar-refractivity contribution >= 4 is 0 Å². The van der Waals surface area contributed by atoms with Gasteiger partial charge in [-0.3, -0.25) is 10.1 Å². The normalized spacial score (nSPS) is 33.3. The zero-order chi connectivity index (χ0) is 12.5. The van der Waals surface area contributed by atoms with E-state index in [2.05, 4.69) is 5.32 Å². The topological polar surface area (TPSA) is 75.4 Å². The van der Waals surface area contributed by atoms with E-state index in [0.717, 1.165) is 5.56 Å². The van der Waals surface area contributed by atoms with Crippen molar-refractivity contribution in [2.24, 2.45) is 0 Å². The Labute approximate surface area is 99.6 Å². The van der Waals surface area contributed by atoms with Gasteiger partial charge in [0.05, 0.1) is 0 Å². The van der Waals surface area contributed by atoms with E-state index in [-0.39, 0.29) is 4.92 Å². The summed E-state index contributed by atoms with van der Waals surface area (Å²) in [6.07, 6.45) is 0.391. The van der Waals surface area contributed by atoms with E-state index in [1.165, 1.54) is 6.92 Å². The van der Waals surface area contributed by atoms with E-state index in [0.29, 0.717) is 13.0 Å². The van der Waals surface area contributed by atoms with E-state index >= 15 is 0 Å². The maximum absolute atomic E-state index is 11.2. The standard InChI is InChI=1S/C12H16N2O3/c1-12(15)7-8-13-10(11(12)14(16)17)9-5-3-2-4-6-9/h2-6,10-11,13,15H,7-8H2,1H3/t10-,11-,12+/m0/s1. The number of nitrogens with one attached hydrogen (secondary N) is 1. The summed E-state index contributed by atoms with van der Waals surface area (Å²) < 4.78 is 0. The zero-order valence-electron chi connectivity index (χ0n) is 9.67. The molecule has 0 bridgehead atoms. The van der Waals surface area contributed by atoms with Gasteiger partial charge in [-0.1, -0.05) is 30.3 Å². The lowest BCUT2D eigenvalue weighted by Crippen LogP contribution is -2.57. The molecule has 1 fully saturated rings. The van der Waals surface area contributed by atoms with Gasteiger partial charge in [-0.25, -0.2) is 0 Å². The Kier molecular flexibility index (Phi) is 3.13. The minimum absolute atomic E-state index is 0.385. The highest BCUT2D eigenvalue weighted by Gasteiger charge is 2.50. The second-order valence-corrected chi connectivity index (χ2v) is 4.68. The van der Waals surface area contributed by atoms with E-state index in [1.807, 2.05) is 30.3 Å². The van der Waals surface area contributed by atoms with Crippen molar-refractivity contribution < 1.29 is 10.0 Å². The fourth-order valence-corrected chi connectivity index (χ4v) is 2.41. The van der Waals surface area contributed by atoms with Gasteiger partial charge >= 0.3 is 0 Å². The molecule has 0 aromatic heterocycles. The van der Waals surface area contributed by atoms with Crippen LogP contribution in [0.5, 0.6) is 0 Å². The predicted molar refractivity (Wildman–Crippen MR) is 63.2 cm³/mol. The highest BCUT2D eigenvalue weighted by molar-refractivity contribution is 5.22. The van der Waals surface area contributed by atoms with E-state index in [1.54, 1.807) is 0 Å². The predicted octanol–water partition coefficient (Wildman–Crippen LogP) is 1.12. The van der Waals surface area contributed by atoms with Gasteiger partial charge in [0.25, 0.3) is 6.04 Å². The third-order valence-electron chi connectivity index (χ3n) is 3.33. The van der Waals surface area contributed by atoms with Crippen molar-refractivity contribution in [1.82, 2.24) is 5.32 Å². The molecule has 1 saturated heterocycles. The summed E-state index contributed by atoms with van der Waals surface area (Å²) in [5.41, 5.74) is -0.427. The summed E-state index contributed by atoms with van der Waals surface area (Å²) in [6, 6.07) is 7.79. The number of hydrogen-bond acceptors (Lipinski definition) is 4. The molecule has 5 heteroatoms. The molecule has 0 unspecified atom stereocenters. The minimum Gasteiger partial charge on any atom is -0.383 e. The summed E-state index contributed by atoms with van der Waals surface area (Å²) >= 11 is 0. The van der Waals surface area contributed by atoms with Gasteiger partial charge in [0.2, 0.25) is 0 Å². The van der Waals surface area contributed by atoms with Crippen LogP contribution in [0.4, 0.5) is 0 Å². The molecular formula is C12H16N2O3. The van der Waals surface area contributed by atoms with E-state index in [4.69, 9.17) is 0 Å². The van der Waals surface area contributed by atoms with Crippen molar-refractivity contribution in [2.45, 2.75) is 31.0 Å². The number of hydrogen-bond donors (Lipinski definition) is 2. The molecule has 1 aromatic rings. The van der Waals surface area contributed by atoms with Crippen LogP contribution in [0, 0.1) is 10.1 Å². The Morgan fingerprint density at radius 2 is 2.12 bits per heavy atom. The smallest absolute Gasteiger partial charge is 0.260 e. The molecule has 1 aromatic carbocycles. The van der Waals surface area contributed by atoms with Crippen LogP contribution in [-0.4, -0.2) is 28.2 Å². The third-order valence-corrected chi connectivity index (χ3v) is 3.33. The van der Waals surface area contributed by atoms with Crippen LogP contribution < -0.4 is 5.32 Å². The van der Waals surface area contributed by atoms with Gasteiger partial charge in [-0.2, -0.15) is 0 Å². The van der Waals surface area contributed by atoms with Crippen molar-refractivity contribution in [3.05, 3.63) is 46.0 Å². The lowest BCUT2D eigenvalue weighted by molar-refractivity contribution is -0.553. The largest absolute Gasteiger partial charge is 0.383 e. The number of nitrogens with zero attached hydrogens (tertiary/aromatic N) is 1. The van der Waals surface area contributed by atoms with E-state index in [9.17, 15) is 15.2 Å². The molecule has 0 saturated carbocycles. The van der Waals surface area contributed by atoms with Gasteiger partial charge in [0.15, 0.2) is 0 Å². The number of piperidine rings is 1. The molecule has 92 valence electrons. The van der Waals surface area contributed by atoms with Crippen LogP contribution >= 0.6 is 0 Å². The molecule has 2 N–H and O–H groups in total. The monoisotopic (exact) mass is 236 g/mol. The third kappa shape index (κ3) is 2.30. The average Bonchev–Trinajstić information content (AvgIpc) is 2.28. The molecule has 3 atom stereocenters. The summed E-state index contributed by atoms with van der Waals surface area (Å²) in [5, 5.41) is 24.4. The SMILES string of the molecule is C[C@@]1(O)CCN[C@@H](c2ccccc2)[C@@H]1[N+](=O)[O-]. The zero-order valence-corrected chi connectivity index (χ0v) is 9.67. The first-order chi connectivity index (χ1) is 8.02. The first-order valence-electron chi connectivity index (χ1n) is 5.66. The van der Waals surface area contributed by atoms with E-state index < -0.39 is 17.7 Å². The summed E-state index contributed by atoms with van der Waals surface area (Å²) in [6.45, 7) is 2.12. The highest BCUT2D eigenvalue weighted by Crippen LogP contribution is 2.32. The van der Waals surface area contributed by atoms with Crippen LogP contribution in [0.25, 0.3) is 0 Å². The molecule has 1 heterocycles. The lowest BCUT2D eigenvalue weighted by atomic mass is 9.81. The molecule has 0 radical (unpaired) electrons. The fourth-order valence-electron chi connectivity index (χ4n) is 2.41. The number of benzene rings is 1. The van der Waals surface area contributed by atoms with Crippen LogP contribution in [0.3, 0.4) is 0 Å². The number of nitro groups is 1. The molecule has 1 aliphatic rings. The molecular weight excluding hydrogens is 220 g/mol. The molecule has 0 amide bonds. The lowest BCUT2D eigenvalue weighted by Gasteiger charge is -2.37. The van der Waals surface area contributed by atoms with Crippen LogP contribution in [0.15, 0.2) is 30.3 Å². The van der Waals surface area contributed by atoms with Gasteiger partial charge in [-0.05, 0) is 25.5 Å². The first kappa shape index (κ1) is 12.0. The minimum atomic E-state index is -1.27. The van der Waals surface area contributed by atoms with Crippen molar-refractivity contribution in [3.8, 4) is 0 Å². The number of rotatable bonds is 2. The molecule has 0 aliphatic carbocycles. The van der Waals surface area contributed by atoms with Gasteiger partial charge in [-0.15, -0.1) is 0 Å². The van der Waals surface area contributed by atoms with Crippen LogP contribution in [0.1, 0.15) is 24.9 Å². The van der Waals surface area contributed by atoms with Gasteiger partial charge in [0, 0.05) is 4.92 Å². The second-order valence-electron chi connectivity index (χ2n) is 4.68. The summed E-state index contributed by atoms with van der Waals surface area (Å²) in [4.78, 5) is 10.8. The average molecular weight is 236 g/mol. The van der Waals surface area contributed by atoms with Crippen molar-refractivity contribution in [3.63, 3.8) is 0 Å². The summed E-state index contributed by atoms with van der Waals surface area (Å²) in [5.74, 6) is 0. The molecule has 1 aliphatic heterocycles. The quantitative estimate of drug-likeness (QED) is 0.596. The fraction of sp³-hybridized carbons (Fsp3) is 0.500. The Bertz CT molecular complexity index is 405. The molecule has 2 rings (SSSR count). The molecule has 17 heavy (non-hydrogen) atoms. The maximum atomic E-state index is 11.2. The Hall–Kier alpha value is -1.46. The molecule has 0 spiro atoms. The van der Waals surface area contributed by atoms with Crippen LogP contribution in [0.2, 0.25) is 0 Å². The first-order valence-corrected chi connectivity index (χ1v) is 5.66. The second kappa shape index (κ2) is 4.43. The van der Waals surface area contributed by atoms with Crippen molar-refractivity contribution in [1.29, 1.82) is 0 Å². The Morgan fingerprint density at radius 3 is 2.71 bits per heavy atom. The maximum Gasteiger partial charge on any atom is 0.260 e. The highest BCUT2D eigenvalue weighted by atomic mass is 16.6. The molecule has 5 nitrogen and oxygen atoms in total. The van der Waals surface area contributed by atoms with Crippen molar-refractivity contribution in [2.75, 3.05) is 6.54 Å². The number of aliphatic hydroxyl groups is 1. The Morgan fingerprint density at radius 1 is 1.47 bits per heavy atom.